The molecule has 1 unspecified atom stereocenters. The second-order valence-corrected chi connectivity index (χ2v) is 2.76. The lowest BCUT2D eigenvalue weighted by Crippen LogP contribution is -1.86. The number of fused-ring (bicyclic) bond motifs is 1. The molecule has 0 aliphatic heterocycles. The van der Waals surface area contributed by atoms with E-state index in [1.807, 2.05) is 12.1 Å². The van der Waals surface area contributed by atoms with Gasteiger partial charge in [-0.15, -0.1) is 0 Å². The molecule has 3 heteroatoms. The molecular weight excluding hydrogens is 155 g/mol. The topological polar surface area (TPSA) is 28.7 Å². The van der Waals surface area contributed by atoms with Gasteiger partial charge in [-0.25, -0.2) is 9.37 Å². The number of hydrogen-bond donors (Lipinski definition) is 1. The molecule has 62 valence electrons. The average Bonchev–Trinajstić information content (AvgIpc) is 2.49. The summed E-state index contributed by atoms with van der Waals surface area (Å²) < 4.78 is 13.0. The SMILES string of the molecule is CC(F)c1cccc2[nH]cnc12. The van der Waals surface area contributed by atoms with E-state index in [0.717, 1.165) is 11.0 Å². The molecule has 0 bridgehead atoms. The van der Waals surface area contributed by atoms with Crippen LogP contribution in [-0.4, -0.2) is 9.97 Å². The van der Waals surface area contributed by atoms with Crippen LogP contribution in [-0.2, 0) is 0 Å². The molecule has 0 fully saturated rings. The Morgan fingerprint density at radius 1 is 1.50 bits per heavy atom. The third kappa shape index (κ3) is 0.978. The lowest BCUT2D eigenvalue weighted by molar-refractivity contribution is 0.376. The number of aromatic nitrogens is 2. The van der Waals surface area contributed by atoms with Crippen molar-refractivity contribution < 1.29 is 4.39 Å². The summed E-state index contributed by atoms with van der Waals surface area (Å²) in [5, 5.41) is 0. The number of para-hydroxylation sites is 1. The van der Waals surface area contributed by atoms with Gasteiger partial charge in [0.1, 0.15) is 6.17 Å². The molecule has 1 heterocycles. The number of hydrogen-bond acceptors (Lipinski definition) is 1. The highest BCUT2D eigenvalue weighted by Gasteiger charge is 2.08. The highest BCUT2D eigenvalue weighted by atomic mass is 19.1. The van der Waals surface area contributed by atoms with Crippen LogP contribution < -0.4 is 0 Å². The predicted octanol–water partition coefficient (Wildman–Crippen LogP) is 2.59. The van der Waals surface area contributed by atoms with Gasteiger partial charge in [-0.3, -0.25) is 0 Å². The zero-order valence-corrected chi connectivity index (χ0v) is 6.71. The van der Waals surface area contributed by atoms with Crippen LogP contribution in [0.25, 0.3) is 11.0 Å². The maximum absolute atomic E-state index is 13.0. The van der Waals surface area contributed by atoms with Crippen molar-refractivity contribution in [1.29, 1.82) is 0 Å². The number of nitrogens with one attached hydrogen (secondary N) is 1. The second-order valence-electron chi connectivity index (χ2n) is 2.76. The first-order chi connectivity index (χ1) is 5.79. The fraction of sp³-hybridized carbons (Fsp3) is 0.222. The minimum Gasteiger partial charge on any atom is -0.345 e. The summed E-state index contributed by atoms with van der Waals surface area (Å²) in [7, 11) is 0. The van der Waals surface area contributed by atoms with Crippen molar-refractivity contribution in [3.8, 4) is 0 Å². The smallest absolute Gasteiger partial charge is 0.124 e. The fourth-order valence-electron chi connectivity index (χ4n) is 1.31. The lowest BCUT2D eigenvalue weighted by Gasteiger charge is -2.01. The molecule has 1 N–H and O–H groups in total. The van der Waals surface area contributed by atoms with Gasteiger partial charge in [0.25, 0.3) is 0 Å². The van der Waals surface area contributed by atoms with Crippen LogP contribution in [0.1, 0.15) is 18.7 Å². The Bertz CT molecular complexity index is 392. The number of aromatic amines is 1. The summed E-state index contributed by atoms with van der Waals surface area (Å²) in [5.41, 5.74) is 2.26. The number of halogens is 1. The summed E-state index contributed by atoms with van der Waals surface area (Å²) in [6.45, 7) is 1.52. The molecule has 0 saturated heterocycles. The number of rotatable bonds is 1. The largest absolute Gasteiger partial charge is 0.345 e. The third-order valence-electron chi connectivity index (χ3n) is 1.91. The van der Waals surface area contributed by atoms with Gasteiger partial charge in [-0.2, -0.15) is 0 Å². The van der Waals surface area contributed by atoms with E-state index < -0.39 is 6.17 Å². The summed E-state index contributed by atoms with van der Waals surface area (Å²) in [6.07, 6.45) is 0.619. The molecular formula is C9H9FN2. The summed E-state index contributed by atoms with van der Waals surface area (Å²) >= 11 is 0. The summed E-state index contributed by atoms with van der Waals surface area (Å²) in [5.74, 6) is 0. The van der Waals surface area contributed by atoms with E-state index in [9.17, 15) is 4.39 Å². The first-order valence-corrected chi connectivity index (χ1v) is 3.85. The second kappa shape index (κ2) is 2.59. The Kier molecular flexibility index (Phi) is 1.57. The standard InChI is InChI=1S/C9H9FN2/c1-6(10)7-3-2-4-8-9(7)12-5-11-8/h2-6H,1H3,(H,11,12). The molecule has 2 rings (SSSR count). The highest BCUT2D eigenvalue weighted by Crippen LogP contribution is 2.23. The molecule has 0 saturated carbocycles. The molecule has 1 aromatic heterocycles. The normalized spacial score (nSPS) is 13.5. The van der Waals surface area contributed by atoms with Crippen molar-refractivity contribution in [1.82, 2.24) is 9.97 Å². The van der Waals surface area contributed by atoms with Gasteiger partial charge in [0, 0.05) is 5.56 Å². The summed E-state index contributed by atoms with van der Waals surface area (Å²) in [4.78, 5) is 6.98. The van der Waals surface area contributed by atoms with Crippen LogP contribution in [0.3, 0.4) is 0 Å². The molecule has 12 heavy (non-hydrogen) atoms. The molecule has 1 aromatic carbocycles. The van der Waals surface area contributed by atoms with Crippen molar-refractivity contribution in [2.75, 3.05) is 0 Å². The Labute approximate surface area is 69.4 Å². The molecule has 2 nitrogen and oxygen atoms in total. The molecule has 0 aliphatic rings. The molecule has 0 amide bonds. The van der Waals surface area contributed by atoms with Crippen molar-refractivity contribution in [3.05, 3.63) is 30.1 Å². The first-order valence-electron chi connectivity index (χ1n) is 3.85. The minimum absolute atomic E-state index is 0.647. The van der Waals surface area contributed by atoms with Crippen LogP contribution in [0.2, 0.25) is 0 Å². The Balaban J connectivity index is 2.73. The van der Waals surface area contributed by atoms with Crippen molar-refractivity contribution in [3.63, 3.8) is 0 Å². The molecule has 0 aliphatic carbocycles. The van der Waals surface area contributed by atoms with Gasteiger partial charge in [0.2, 0.25) is 0 Å². The third-order valence-corrected chi connectivity index (χ3v) is 1.91. The maximum Gasteiger partial charge on any atom is 0.124 e. The van der Waals surface area contributed by atoms with Gasteiger partial charge in [-0.1, -0.05) is 12.1 Å². The minimum atomic E-state index is -0.961. The van der Waals surface area contributed by atoms with E-state index in [1.54, 1.807) is 12.4 Å². The molecule has 0 spiro atoms. The van der Waals surface area contributed by atoms with Gasteiger partial charge < -0.3 is 4.98 Å². The van der Waals surface area contributed by atoms with E-state index in [2.05, 4.69) is 9.97 Å². The number of H-pyrrole nitrogens is 1. The zero-order valence-electron chi connectivity index (χ0n) is 6.71. The van der Waals surface area contributed by atoms with Crippen LogP contribution in [0, 0.1) is 0 Å². The molecule has 2 aromatic rings. The van der Waals surface area contributed by atoms with E-state index in [1.165, 1.54) is 6.92 Å². The van der Waals surface area contributed by atoms with Crippen LogP contribution in [0.15, 0.2) is 24.5 Å². The summed E-state index contributed by atoms with van der Waals surface area (Å²) in [6, 6.07) is 5.47. The number of imidazole rings is 1. The number of alkyl halides is 1. The van der Waals surface area contributed by atoms with Gasteiger partial charge in [0.15, 0.2) is 0 Å². The van der Waals surface area contributed by atoms with Gasteiger partial charge in [-0.05, 0) is 13.0 Å². The quantitative estimate of drug-likeness (QED) is 0.689. The maximum atomic E-state index is 13.0. The van der Waals surface area contributed by atoms with Crippen LogP contribution in [0.5, 0.6) is 0 Å². The van der Waals surface area contributed by atoms with E-state index in [-0.39, 0.29) is 0 Å². The fourth-order valence-corrected chi connectivity index (χ4v) is 1.31. The first kappa shape index (κ1) is 7.28. The van der Waals surface area contributed by atoms with Crippen molar-refractivity contribution in [2.45, 2.75) is 13.1 Å². The van der Waals surface area contributed by atoms with Gasteiger partial charge in [0.05, 0.1) is 17.4 Å². The number of benzene rings is 1. The molecule has 1 atom stereocenters. The van der Waals surface area contributed by atoms with E-state index >= 15 is 0 Å². The Morgan fingerprint density at radius 2 is 2.33 bits per heavy atom. The monoisotopic (exact) mass is 164 g/mol. The Hall–Kier alpha value is -1.38. The Morgan fingerprint density at radius 3 is 3.08 bits per heavy atom. The van der Waals surface area contributed by atoms with Crippen molar-refractivity contribution >= 4 is 11.0 Å². The van der Waals surface area contributed by atoms with E-state index in [0.29, 0.717) is 5.56 Å². The number of nitrogens with zero attached hydrogens (tertiary/aromatic N) is 1. The van der Waals surface area contributed by atoms with Crippen LogP contribution >= 0.6 is 0 Å². The van der Waals surface area contributed by atoms with Crippen LogP contribution in [0.4, 0.5) is 4.39 Å². The predicted molar refractivity (Wildman–Crippen MR) is 45.6 cm³/mol. The zero-order chi connectivity index (χ0) is 8.55. The highest BCUT2D eigenvalue weighted by molar-refractivity contribution is 5.78. The average molecular weight is 164 g/mol. The van der Waals surface area contributed by atoms with Crippen molar-refractivity contribution in [2.24, 2.45) is 0 Å². The van der Waals surface area contributed by atoms with Gasteiger partial charge >= 0.3 is 0 Å². The lowest BCUT2D eigenvalue weighted by atomic mass is 10.1. The molecule has 0 radical (unpaired) electrons. The van der Waals surface area contributed by atoms with E-state index in [4.69, 9.17) is 0 Å².